The van der Waals surface area contributed by atoms with Crippen LogP contribution in [0.25, 0.3) is 11.6 Å². The molecule has 0 spiro atoms. The van der Waals surface area contributed by atoms with Crippen molar-refractivity contribution in [2.24, 2.45) is 0 Å². The summed E-state index contributed by atoms with van der Waals surface area (Å²) in [4.78, 5) is 23.1. The zero-order chi connectivity index (χ0) is 31.3. The highest BCUT2D eigenvalue weighted by molar-refractivity contribution is 6.30. The summed E-state index contributed by atoms with van der Waals surface area (Å²) in [5.74, 6) is -0.502. The maximum absolute atomic E-state index is 14.9. The Bertz CT molecular complexity index is 1740. The topological polar surface area (TPSA) is 112 Å². The molecule has 236 valence electrons. The fourth-order valence-corrected chi connectivity index (χ4v) is 6.67. The average Bonchev–Trinajstić information content (AvgIpc) is 3.70. The van der Waals surface area contributed by atoms with Gasteiger partial charge in [0, 0.05) is 24.1 Å². The van der Waals surface area contributed by atoms with Crippen molar-refractivity contribution in [1.29, 1.82) is 0 Å². The maximum Gasteiger partial charge on any atom is 0.373 e. The number of carboxylic acid groups (broad SMARTS) is 1. The molecule has 4 aromatic rings. The van der Waals surface area contributed by atoms with Crippen LogP contribution in [0.15, 0.2) is 47.0 Å². The van der Waals surface area contributed by atoms with Gasteiger partial charge in [0.1, 0.15) is 17.3 Å². The van der Waals surface area contributed by atoms with Gasteiger partial charge in [0.25, 0.3) is 5.79 Å². The summed E-state index contributed by atoms with van der Waals surface area (Å²) in [5, 5.41) is 9.70. The predicted octanol–water partition coefficient (Wildman–Crippen LogP) is 6.40. The molecule has 10 nitrogen and oxygen atoms in total. The minimum Gasteiger partial charge on any atom is -0.475 e. The summed E-state index contributed by atoms with van der Waals surface area (Å²) in [6.45, 7) is 7.36. The quantitative estimate of drug-likeness (QED) is 0.223. The number of ether oxygens (including phenoxy) is 3. The van der Waals surface area contributed by atoms with Gasteiger partial charge in [-0.1, -0.05) is 30.7 Å². The van der Waals surface area contributed by atoms with Crippen molar-refractivity contribution in [3.05, 3.63) is 81.8 Å². The first-order chi connectivity index (χ1) is 21.7. The Balaban J connectivity index is 1.09. The lowest BCUT2D eigenvalue weighted by atomic mass is 9.88. The van der Waals surface area contributed by atoms with E-state index in [4.69, 9.17) is 35.2 Å². The van der Waals surface area contributed by atoms with Crippen LogP contribution in [0, 0.1) is 5.82 Å². The standard InChI is InChI=1S/C33H34ClFN4O6/c1-3-25-29(31-36-16-27(43-31)32(40)41)39(17-21-11-14-42-21)28(37-25)18-38-12-9-19(10-13-38)22-5-4-6-26-30(22)45-33(2,44-26)23-8-7-20(34)15-24(23)35/h4-8,15-16,19,21H,3,9-14,17-18H2,1-2H3,(H,40,41)/t21-,33+/m1/s1. The number of hydrogen-bond acceptors (Lipinski definition) is 8. The van der Waals surface area contributed by atoms with Crippen LogP contribution in [-0.4, -0.2) is 56.3 Å². The number of hydrogen-bond donors (Lipinski definition) is 1. The number of carbonyl (C=O) groups is 1. The Labute approximate surface area is 264 Å². The first kappa shape index (κ1) is 29.8. The van der Waals surface area contributed by atoms with Crippen LogP contribution < -0.4 is 9.47 Å². The molecule has 5 heterocycles. The number of imidazole rings is 1. The van der Waals surface area contributed by atoms with Gasteiger partial charge in [-0.05, 0) is 69.0 Å². The number of para-hydroxylation sites is 1. The van der Waals surface area contributed by atoms with Crippen molar-refractivity contribution in [2.45, 2.75) is 70.4 Å². The number of piperidine rings is 1. The summed E-state index contributed by atoms with van der Waals surface area (Å²) in [7, 11) is 0. The second kappa shape index (κ2) is 11.8. The predicted molar refractivity (Wildman–Crippen MR) is 162 cm³/mol. The molecule has 0 aliphatic carbocycles. The number of halogens is 2. The molecule has 0 bridgehead atoms. The first-order valence-corrected chi connectivity index (χ1v) is 15.7. The van der Waals surface area contributed by atoms with Crippen LogP contribution in [-0.2, 0) is 30.0 Å². The molecule has 0 unspecified atom stereocenters. The first-order valence-electron chi connectivity index (χ1n) is 15.3. The molecule has 0 amide bonds. The second-order valence-electron chi connectivity index (χ2n) is 11.9. The third-order valence-electron chi connectivity index (χ3n) is 8.98. The number of aromatic carboxylic acids is 1. The molecule has 2 aromatic carbocycles. The van der Waals surface area contributed by atoms with E-state index in [2.05, 4.69) is 20.5 Å². The minimum atomic E-state index is -1.29. The van der Waals surface area contributed by atoms with Crippen LogP contribution in [0.4, 0.5) is 4.39 Å². The van der Waals surface area contributed by atoms with Gasteiger partial charge in [-0.3, -0.25) is 4.90 Å². The van der Waals surface area contributed by atoms with Gasteiger partial charge in [-0.2, -0.15) is 0 Å². The highest BCUT2D eigenvalue weighted by Gasteiger charge is 2.43. The fourth-order valence-electron chi connectivity index (χ4n) is 6.51. The Kier molecular flexibility index (Phi) is 7.79. The summed E-state index contributed by atoms with van der Waals surface area (Å²) >= 11 is 5.98. The molecule has 2 atom stereocenters. The Morgan fingerprint density at radius 1 is 1.18 bits per heavy atom. The number of carboxylic acids is 1. The molecule has 7 rings (SSSR count). The van der Waals surface area contributed by atoms with Crippen molar-refractivity contribution in [3.8, 4) is 23.1 Å². The van der Waals surface area contributed by atoms with Crippen molar-refractivity contribution in [2.75, 3.05) is 19.7 Å². The van der Waals surface area contributed by atoms with Crippen LogP contribution in [0.2, 0.25) is 5.02 Å². The highest BCUT2D eigenvalue weighted by Crippen LogP contribution is 2.50. The van der Waals surface area contributed by atoms with E-state index in [1.54, 1.807) is 19.1 Å². The lowest BCUT2D eigenvalue weighted by Gasteiger charge is -2.33. The van der Waals surface area contributed by atoms with Crippen molar-refractivity contribution in [3.63, 3.8) is 0 Å². The van der Waals surface area contributed by atoms with Gasteiger partial charge in [0.2, 0.25) is 11.7 Å². The van der Waals surface area contributed by atoms with Crippen molar-refractivity contribution >= 4 is 17.6 Å². The highest BCUT2D eigenvalue weighted by atomic mass is 35.5. The number of fused-ring (bicyclic) bond motifs is 1. The molecule has 2 fully saturated rings. The normalized spacial score (nSPS) is 21.6. The number of aryl methyl sites for hydroxylation is 1. The number of nitrogens with zero attached hydrogens (tertiary/aromatic N) is 4. The number of oxazole rings is 1. The molecule has 1 N–H and O–H groups in total. The van der Waals surface area contributed by atoms with Gasteiger partial charge in [0.15, 0.2) is 11.5 Å². The van der Waals surface area contributed by atoms with E-state index in [9.17, 15) is 14.3 Å². The van der Waals surface area contributed by atoms with E-state index in [-0.39, 0.29) is 23.7 Å². The third-order valence-corrected chi connectivity index (χ3v) is 9.21. The van der Waals surface area contributed by atoms with Crippen LogP contribution in [0.5, 0.6) is 11.5 Å². The third kappa shape index (κ3) is 5.57. The lowest BCUT2D eigenvalue weighted by Crippen LogP contribution is -2.35. The van der Waals surface area contributed by atoms with E-state index in [1.807, 2.05) is 19.1 Å². The number of aromatic nitrogens is 3. The zero-order valence-corrected chi connectivity index (χ0v) is 25.8. The molecule has 0 saturated carbocycles. The molecule has 3 aliphatic heterocycles. The number of rotatable bonds is 9. The van der Waals surface area contributed by atoms with E-state index < -0.39 is 17.6 Å². The van der Waals surface area contributed by atoms with Crippen LogP contribution >= 0.6 is 11.6 Å². The molecule has 45 heavy (non-hydrogen) atoms. The zero-order valence-electron chi connectivity index (χ0n) is 25.1. The van der Waals surface area contributed by atoms with E-state index in [1.165, 1.54) is 12.3 Å². The average molecular weight is 637 g/mol. The van der Waals surface area contributed by atoms with Gasteiger partial charge >= 0.3 is 5.97 Å². The summed E-state index contributed by atoms with van der Waals surface area (Å²) < 4.78 is 40.9. The Morgan fingerprint density at radius 3 is 2.64 bits per heavy atom. The molecular formula is C33H34ClFN4O6. The second-order valence-corrected chi connectivity index (χ2v) is 12.3. The smallest absolute Gasteiger partial charge is 0.373 e. The van der Waals surface area contributed by atoms with E-state index in [0.29, 0.717) is 47.3 Å². The summed E-state index contributed by atoms with van der Waals surface area (Å²) in [6, 6.07) is 10.4. The van der Waals surface area contributed by atoms with Crippen molar-refractivity contribution < 1.29 is 32.9 Å². The number of likely N-dealkylation sites (tertiary alicyclic amines) is 1. The largest absolute Gasteiger partial charge is 0.475 e. The summed E-state index contributed by atoms with van der Waals surface area (Å²) in [6.07, 6.45) is 4.69. The number of benzene rings is 2. The molecular weight excluding hydrogens is 603 g/mol. The molecule has 0 radical (unpaired) electrons. The van der Waals surface area contributed by atoms with Gasteiger partial charge in [0.05, 0.1) is 36.6 Å². The van der Waals surface area contributed by atoms with Gasteiger partial charge < -0.3 is 28.3 Å². The van der Waals surface area contributed by atoms with Gasteiger partial charge in [-0.25, -0.2) is 19.2 Å². The molecule has 2 saturated heterocycles. The Hall–Kier alpha value is -3.93. The molecule has 12 heteroatoms. The van der Waals surface area contributed by atoms with Crippen LogP contribution in [0.1, 0.15) is 72.2 Å². The maximum atomic E-state index is 14.9. The molecule has 3 aliphatic rings. The molecule has 2 aromatic heterocycles. The van der Waals surface area contributed by atoms with Crippen LogP contribution in [0.3, 0.4) is 0 Å². The fraction of sp³-hybridized carbons (Fsp3) is 0.424. The van der Waals surface area contributed by atoms with E-state index >= 15 is 0 Å². The summed E-state index contributed by atoms with van der Waals surface area (Å²) in [5.41, 5.74) is 2.88. The SMILES string of the molecule is CCc1nc(CN2CCC(c3cccc4c3O[C@@](C)(c3ccc(Cl)cc3F)O4)CC2)n(C[C@H]2CCO2)c1-c1ncc(C(=O)O)o1. The van der Waals surface area contributed by atoms with E-state index in [0.717, 1.165) is 56.0 Å². The Morgan fingerprint density at radius 2 is 1.98 bits per heavy atom. The van der Waals surface area contributed by atoms with Crippen molar-refractivity contribution in [1.82, 2.24) is 19.4 Å². The monoisotopic (exact) mass is 636 g/mol. The lowest BCUT2D eigenvalue weighted by molar-refractivity contribution is -0.0712. The van der Waals surface area contributed by atoms with Gasteiger partial charge in [-0.15, -0.1) is 0 Å². The minimum absolute atomic E-state index is 0.0653.